The van der Waals surface area contributed by atoms with Crippen LogP contribution < -0.4 is 5.32 Å². The predicted molar refractivity (Wildman–Crippen MR) is 105 cm³/mol. The van der Waals surface area contributed by atoms with Gasteiger partial charge in [0.15, 0.2) is 15.9 Å². The molecular weight excluding hydrogens is 437 g/mol. The first-order valence-electron chi connectivity index (χ1n) is 7.45. The third kappa shape index (κ3) is 5.59. The molecule has 0 saturated carbocycles. The zero-order valence-electron chi connectivity index (χ0n) is 14.1. The third-order valence-electron chi connectivity index (χ3n) is 3.43. The van der Waals surface area contributed by atoms with Gasteiger partial charge in [0, 0.05) is 11.3 Å². The number of hydrogen-bond acceptors (Lipinski definition) is 5. The van der Waals surface area contributed by atoms with Gasteiger partial charge in [-0.25, -0.2) is 13.2 Å². The molecule has 0 aromatic heterocycles. The third-order valence-corrected chi connectivity index (χ3v) is 5.42. The van der Waals surface area contributed by atoms with Gasteiger partial charge in [-0.3, -0.25) is 4.79 Å². The summed E-state index contributed by atoms with van der Waals surface area (Å²) in [6.07, 6.45) is -0.195. The summed E-state index contributed by atoms with van der Waals surface area (Å²) in [5.74, 6) is -1.57. The molecule has 0 heterocycles. The summed E-state index contributed by atoms with van der Waals surface area (Å²) in [5, 5.41) is 3.13. The van der Waals surface area contributed by atoms with Crippen LogP contribution in [0.3, 0.4) is 0 Å². The van der Waals surface area contributed by atoms with E-state index in [1.54, 1.807) is 0 Å². The molecule has 1 N–H and O–H groups in total. The normalized spacial score (nSPS) is 12.3. The highest BCUT2D eigenvalue weighted by Crippen LogP contribution is 2.26. The number of ether oxygens (including phenoxy) is 1. The highest BCUT2D eigenvalue weighted by molar-refractivity contribution is 7.90. The van der Waals surface area contributed by atoms with Crippen LogP contribution in [0.1, 0.15) is 17.3 Å². The second-order valence-electron chi connectivity index (χ2n) is 5.57. The number of benzene rings is 2. The molecule has 6 nitrogen and oxygen atoms in total. The fraction of sp³-hybridized carbons (Fsp3) is 0.176. The van der Waals surface area contributed by atoms with Gasteiger partial charge in [-0.15, -0.1) is 0 Å². The van der Waals surface area contributed by atoms with Crippen molar-refractivity contribution in [3.8, 4) is 0 Å². The average Bonchev–Trinajstić information content (AvgIpc) is 2.56. The maximum absolute atomic E-state index is 12.3. The molecular formula is C17H14Cl3NO5S. The maximum Gasteiger partial charge on any atom is 0.340 e. The molecule has 27 heavy (non-hydrogen) atoms. The van der Waals surface area contributed by atoms with Gasteiger partial charge >= 0.3 is 5.97 Å². The molecule has 0 radical (unpaired) electrons. The Balaban J connectivity index is 2.14. The van der Waals surface area contributed by atoms with Gasteiger partial charge in [0.1, 0.15) is 0 Å². The van der Waals surface area contributed by atoms with E-state index >= 15 is 0 Å². The summed E-state index contributed by atoms with van der Waals surface area (Å²) in [4.78, 5) is 24.4. The minimum absolute atomic E-state index is 0.000698. The van der Waals surface area contributed by atoms with Crippen molar-refractivity contribution in [1.82, 2.24) is 0 Å². The summed E-state index contributed by atoms with van der Waals surface area (Å²) in [6.45, 7) is 1.35. The zero-order valence-corrected chi connectivity index (χ0v) is 17.2. The molecule has 10 heteroatoms. The Labute approximate surface area is 171 Å². The van der Waals surface area contributed by atoms with Crippen LogP contribution in [-0.2, 0) is 19.4 Å². The van der Waals surface area contributed by atoms with E-state index in [1.165, 1.54) is 37.3 Å². The lowest BCUT2D eigenvalue weighted by Gasteiger charge is -2.15. The Bertz CT molecular complexity index is 1010. The van der Waals surface area contributed by atoms with Crippen LogP contribution >= 0.6 is 34.8 Å². The van der Waals surface area contributed by atoms with Crippen LogP contribution in [0, 0.1) is 0 Å². The number of carbonyl (C=O) groups is 2. The Morgan fingerprint density at radius 2 is 1.70 bits per heavy atom. The number of esters is 1. The molecule has 0 spiro atoms. The second-order valence-corrected chi connectivity index (χ2v) is 8.84. The first-order valence-corrected chi connectivity index (χ1v) is 10.5. The zero-order chi connectivity index (χ0) is 20.4. The molecule has 0 unspecified atom stereocenters. The summed E-state index contributed by atoms with van der Waals surface area (Å²) in [6, 6.07) is 8.13. The molecule has 0 aliphatic heterocycles. The van der Waals surface area contributed by atoms with E-state index in [4.69, 9.17) is 39.5 Å². The molecule has 0 aliphatic carbocycles. The van der Waals surface area contributed by atoms with Crippen molar-refractivity contribution in [2.45, 2.75) is 17.9 Å². The molecule has 144 valence electrons. The largest absolute Gasteiger partial charge is 0.449 e. The number of rotatable bonds is 5. The lowest BCUT2D eigenvalue weighted by atomic mass is 10.2. The first-order chi connectivity index (χ1) is 12.5. The number of carbonyl (C=O) groups excluding carboxylic acids is 2. The Hall–Kier alpha value is -1.80. The fourth-order valence-corrected chi connectivity index (χ4v) is 3.29. The first kappa shape index (κ1) is 21.5. The van der Waals surface area contributed by atoms with Gasteiger partial charge in [-0.05, 0) is 43.3 Å². The molecule has 0 fully saturated rings. The second kappa shape index (κ2) is 8.48. The number of nitrogens with one attached hydrogen (secondary N) is 1. The Kier molecular flexibility index (Phi) is 6.75. The molecule has 0 bridgehead atoms. The highest BCUT2D eigenvalue weighted by Gasteiger charge is 2.22. The number of halogens is 3. The van der Waals surface area contributed by atoms with E-state index < -0.39 is 27.8 Å². The lowest BCUT2D eigenvalue weighted by Crippen LogP contribution is -2.30. The Morgan fingerprint density at radius 3 is 2.30 bits per heavy atom. The summed E-state index contributed by atoms with van der Waals surface area (Å²) < 4.78 is 28.3. The average molecular weight is 451 g/mol. The van der Waals surface area contributed by atoms with Gasteiger partial charge < -0.3 is 10.1 Å². The van der Waals surface area contributed by atoms with Gasteiger partial charge in [0.05, 0.1) is 26.2 Å². The van der Waals surface area contributed by atoms with Crippen LogP contribution in [0.4, 0.5) is 5.69 Å². The number of sulfone groups is 1. The minimum atomic E-state index is -3.54. The molecule has 1 amide bonds. The van der Waals surface area contributed by atoms with Crippen molar-refractivity contribution in [2.75, 3.05) is 11.6 Å². The summed E-state index contributed by atoms with van der Waals surface area (Å²) >= 11 is 17.7. The molecule has 2 rings (SSSR count). The monoisotopic (exact) mass is 449 g/mol. The van der Waals surface area contributed by atoms with Gasteiger partial charge in [0.25, 0.3) is 5.91 Å². The van der Waals surface area contributed by atoms with Gasteiger partial charge in [-0.2, -0.15) is 0 Å². The smallest absolute Gasteiger partial charge is 0.340 e. The topological polar surface area (TPSA) is 89.5 Å². The SMILES string of the molecule is C[C@@H](OC(=O)c1cc(S(C)(=O)=O)ccc1Cl)C(=O)Nc1ccc(Cl)cc1Cl. The molecule has 2 aromatic rings. The van der Waals surface area contributed by atoms with Crippen molar-refractivity contribution < 1.29 is 22.7 Å². The summed E-state index contributed by atoms with van der Waals surface area (Å²) in [5.41, 5.74) is 0.134. The molecule has 1 atom stereocenters. The van der Waals surface area contributed by atoms with E-state index in [0.29, 0.717) is 10.7 Å². The van der Waals surface area contributed by atoms with Crippen molar-refractivity contribution in [1.29, 1.82) is 0 Å². The number of hydrogen-bond donors (Lipinski definition) is 1. The van der Waals surface area contributed by atoms with E-state index in [1.807, 2.05) is 0 Å². The van der Waals surface area contributed by atoms with Crippen molar-refractivity contribution in [3.63, 3.8) is 0 Å². The van der Waals surface area contributed by atoms with E-state index in [2.05, 4.69) is 5.32 Å². The lowest BCUT2D eigenvalue weighted by molar-refractivity contribution is -0.123. The molecule has 0 saturated heterocycles. The van der Waals surface area contributed by atoms with E-state index in [0.717, 1.165) is 12.3 Å². The van der Waals surface area contributed by atoms with Crippen LogP contribution in [0.25, 0.3) is 0 Å². The number of anilines is 1. The maximum atomic E-state index is 12.3. The van der Waals surface area contributed by atoms with Gasteiger partial charge in [0.2, 0.25) is 0 Å². The van der Waals surface area contributed by atoms with Crippen molar-refractivity contribution in [2.24, 2.45) is 0 Å². The van der Waals surface area contributed by atoms with Crippen molar-refractivity contribution in [3.05, 3.63) is 57.0 Å². The van der Waals surface area contributed by atoms with Gasteiger partial charge in [-0.1, -0.05) is 34.8 Å². The van der Waals surface area contributed by atoms with Crippen molar-refractivity contribution >= 4 is 62.2 Å². The standard InChI is InChI=1S/C17H14Cl3NO5S/c1-9(16(22)21-15-6-3-10(18)7-14(15)20)26-17(23)12-8-11(27(2,24)25)4-5-13(12)19/h3-9H,1-2H3,(H,21,22)/t9-/m1/s1. The predicted octanol–water partition coefficient (Wildman–Crippen LogP) is 4.23. The minimum Gasteiger partial charge on any atom is -0.449 e. The Morgan fingerprint density at radius 1 is 1.04 bits per heavy atom. The van der Waals surface area contributed by atoms with Crippen LogP contribution in [-0.4, -0.2) is 32.7 Å². The van der Waals surface area contributed by atoms with E-state index in [9.17, 15) is 18.0 Å². The van der Waals surface area contributed by atoms with E-state index in [-0.39, 0.29) is 20.5 Å². The molecule has 2 aromatic carbocycles. The van der Waals surface area contributed by atoms with Crippen LogP contribution in [0.15, 0.2) is 41.3 Å². The van der Waals surface area contributed by atoms with Crippen LogP contribution in [0.5, 0.6) is 0 Å². The fourth-order valence-electron chi connectivity index (χ4n) is 1.99. The van der Waals surface area contributed by atoms with Crippen LogP contribution in [0.2, 0.25) is 15.1 Å². The quantitative estimate of drug-likeness (QED) is 0.688. The number of amides is 1. The highest BCUT2D eigenvalue weighted by atomic mass is 35.5. The summed E-state index contributed by atoms with van der Waals surface area (Å²) in [7, 11) is -3.54. The molecule has 0 aliphatic rings.